The Labute approximate surface area is 202 Å². The van der Waals surface area contributed by atoms with Crippen LogP contribution < -0.4 is 17.0 Å². The monoisotopic (exact) mass is 498 g/mol. The average molecular weight is 499 g/mol. The number of thiazole rings is 1. The number of nitrogen functional groups attached to an aromatic ring is 1. The quantitative estimate of drug-likeness (QED) is 0.272. The van der Waals surface area contributed by atoms with Gasteiger partial charge in [-0.25, -0.2) is 9.78 Å². The molecule has 0 spiro atoms. The van der Waals surface area contributed by atoms with Crippen molar-refractivity contribution in [3.63, 3.8) is 0 Å². The van der Waals surface area contributed by atoms with E-state index in [1.807, 2.05) is 42.6 Å². The maximum absolute atomic E-state index is 13.0. The van der Waals surface area contributed by atoms with Gasteiger partial charge in [0.1, 0.15) is 11.4 Å². The highest BCUT2D eigenvalue weighted by molar-refractivity contribution is 7.99. The van der Waals surface area contributed by atoms with Crippen LogP contribution >= 0.6 is 23.1 Å². The van der Waals surface area contributed by atoms with E-state index in [1.165, 1.54) is 15.9 Å². The molecule has 0 aliphatic heterocycles. The van der Waals surface area contributed by atoms with E-state index in [1.54, 1.807) is 6.92 Å². The maximum atomic E-state index is 13.0. The Morgan fingerprint density at radius 2 is 1.94 bits per heavy atom. The number of carbonyl (C=O) groups excluding carboxylic acids is 1. The van der Waals surface area contributed by atoms with Crippen LogP contribution in [-0.4, -0.2) is 35.9 Å². The number of nitrogens with zero attached hydrogens (tertiary/aromatic N) is 5. The molecule has 34 heavy (non-hydrogen) atoms. The first-order valence-electron chi connectivity index (χ1n) is 10.4. The fourth-order valence-corrected chi connectivity index (χ4v) is 4.65. The third-order valence-electron chi connectivity index (χ3n) is 5.02. The Morgan fingerprint density at radius 1 is 1.18 bits per heavy atom. The Bertz CT molecular complexity index is 1440. The van der Waals surface area contributed by atoms with Gasteiger partial charge in [0, 0.05) is 11.9 Å². The average Bonchev–Trinajstić information content (AvgIpc) is 3.45. The second kappa shape index (κ2) is 10.2. The van der Waals surface area contributed by atoms with Gasteiger partial charge in [-0.1, -0.05) is 42.1 Å². The molecule has 10 nitrogen and oxygen atoms in total. The Kier molecular flexibility index (Phi) is 7.08. The molecular formula is C22H22N6O4S2. The number of benzene rings is 1. The van der Waals surface area contributed by atoms with Gasteiger partial charge in [0.2, 0.25) is 5.89 Å². The van der Waals surface area contributed by atoms with Gasteiger partial charge in [-0.05, 0) is 19.4 Å². The largest absolute Gasteiger partial charge is 0.416 e. The molecule has 0 atom stereocenters. The molecule has 0 saturated heterocycles. The van der Waals surface area contributed by atoms with Gasteiger partial charge in [-0.2, -0.15) is 0 Å². The topological polar surface area (TPSA) is 139 Å². The third kappa shape index (κ3) is 5.02. The number of rotatable bonds is 9. The first-order chi connectivity index (χ1) is 16.4. The zero-order valence-corrected chi connectivity index (χ0v) is 20.2. The van der Waals surface area contributed by atoms with Crippen molar-refractivity contribution < 1.29 is 9.21 Å². The number of aryl methyl sites for hydroxylation is 1. The molecule has 176 valence electrons. The van der Waals surface area contributed by atoms with Crippen LogP contribution in [0.5, 0.6) is 0 Å². The molecule has 0 saturated carbocycles. The van der Waals surface area contributed by atoms with Gasteiger partial charge in [0.15, 0.2) is 5.78 Å². The summed E-state index contributed by atoms with van der Waals surface area (Å²) in [5.74, 6) is -0.445. The summed E-state index contributed by atoms with van der Waals surface area (Å²) >= 11 is 2.54. The van der Waals surface area contributed by atoms with Crippen LogP contribution in [0.3, 0.4) is 0 Å². The number of aromatic nitrogens is 5. The zero-order chi connectivity index (χ0) is 24.2. The first-order valence-corrected chi connectivity index (χ1v) is 12.3. The van der Waals surface area contributed by atoms with E-state index in [0.29, 0.717) is 12.3 Å². The fourth-order valence-electron chi connectivity index (χ4n) is 3.39. The SMILES string of the molecule is CCn1c(=O)c(C(=O)CSc2nnc(Cc3csc(C)n3)o2)c(N)n(Cc2ccccc2)c1=O. The standard InChI is InChI=1S/C22H22N6O4S2/c1-3-27-20(30)18(19(23)28(22(27)31)10-14-7-5-4-6-8-14)16(29)12-34-21-26-25-17(32-21)9-15-11-33-13(2)24-15/h4-8,11H,3,9-10,12,23H2,1-2H3. The van der Waals surface area contributed by atoms with Gasteiger partial charge in [-0.3, -0.25) is 18.7 Å². The van der Waals surface area contributed by atoms with Gasteiger partial charge in [-0.15, -0.1) is 21.5 Å². The molecule has 2 N–H and O–H groups in total. The molecule has 3 aromatic heterocycles. The van der Waals surface area contributed by atoms with Crippen LogP contribution in [0.1, 0.15) is 39.4 Å². The molecule has 0 fully saturated rings. The molecule has 0 aliphatic carbocycles. The van der Waals surface area contributed by atoms with Crippen molar-refractivity contribution in [1.29, 1.82) is 0 Å². The van der Waals surface area contributed by atoms with Crippen molar-refractivity contribution in [2.45, 2.75) is 38.6 Å². The number of anilines is 1. The van der Waals surface area contributed by atoms with Crippen LogP contribution in [0.15, 0.2) is 54.9 Å². The van der Waals surface area contributed by atoms with E-state index in [9.17, 15) is 14.4 Å². The number of carbonyl (C=O) groups is 1. The molecule has 12 heteroatoms. The lowest BCUT2D eigenvalue weighted by Gasteiger charge is -2.15. The summed E-state index contributed by atoms with van der Waals surface area (Å²) in [7, 11) is 0. The second-order valence-electron chi connectivity index (χ2n) is 7.37. The number of hydrogen-bond donors (Lipinski definition) is 1. The van der Waals surface area contributed by atoms with Crippen LogP contribution in [-0.2, 0) is 19.5 Å². The number of Topliss-reactive ketones (excluding diaryl/α,β-unsaturated/α-hetero) is 1. The van der Waals surface area contributed by atoms with E-state index in [0.717, 1.165) is 32.6 Å². The predicted molar refractivity (Wildman–Crippen MR) is 130 cm³/mol. The lowest BCUT2D eigenvalue weighted by Crippen LogP contribution is -2.44. The predicted octanol–water partition coefficient (Wildman–Crippen LogP) is 2.37. The maximum Gasteiger partial charge on any atom is 0.332 e. The Balaban J connectivity index is 1.55. The Morgan fingerprint density at radius 3 is 2.62 bits per heavy atom. The first kappa shape index (κ1) is 23.6. The second-order valence-corrected chi connectivity index (χ2v) is 9.36. The summed E-state index contributed by atoms with van der Waals surface area (Å²) in [4.78, 5) is 43.1. The van der Waals surface area contributed by atoms with Gasteiger partial charge in [0.05, 0.1) is 29.4 Å². The van der Waals surface area contributed by atoms with E-state index in [2.05, 4.69) is 15.2 Å². The fraction of sp³-hybridized carbons (Fsp3) is 0.273. The number of thioether (sulfide) groups is 1. The summed E-state index contributed by atoms with van der Waals surface area (Å²) in [6, 6.07) is 9.21. The summed E-state index contributed by atoms with van der Waals surface area (Å²) in [6.45, 7) is 3.83. The minimum absolute atomic E-state index is 0.114. The van der Waals surface area contributed by atoms with Crippen molar-refractivity contribution in [3.8, 4) is 0 Å². The third-order valence-corrected chi connectivity index (χ3v) is 6.66. The lowest BCUT2D eigenvalue weighted by molar-refractivity contribution is 0.102. The molecule has 0 aliphatic rings. The van der Waals surface area contributed by atoms with Crippen LogP contribution in [0.2, 0.25) is 0 Å². The molecule has 4 aromatic rings. The summed E-state index contributed by atoms with van der Waals surface area (Å²) < 4.78 is 7.85. The normalized spacial score (nSPS) is 11.1. The van der Waals surface area contributed by atoms with Gasteiger partial charge >= 0.3 is 5.69 Å². The van der Waals surface area contributed by atoms with E-state index in [-0.39, 0.29) is 35.4 Å². The lowest BCUT2D eigenvalue weighted by atomic mass is 10.2. The van der Waals surface area contributed by atoms with Crippen molar-refractivity contribution in [2.24, 2.45) is 0 Å². The molecule has 0 amide bonds. The van der Waals surface area contributed by atoms with Crippen molar-refractivity contribution >= 4 is 34.7 Å². The molecule has 0 radical (unpaired) electrons. The van der Waals surface area contributed by atoms with Crippen molar-refractivity contribution in [3.05, 3.63) is 84.3 Å². The summed E-state index contributed by atoms with van der Waals surface area (Å²) in [5, 5.41) is 11.0. The highest BCUT2D eigenvalue weighted by Crippen LogP contribution is 2.20. The number of nitrogens with two attached hydrogens (primary N) is 1. The number of ketones is 1. The minimum atomic E-state index is -0.704. The van der Waals surface area contributed by atoms with Crippen molar-refractivity contribution in [2.75, 3.05) is 11.5 Å². The van der Waals surface area contributed by atoms with Crippen LogP contribution in [0, 0.1) is 6.92 Å². The molecular weight excluding hydrogens is 476 g/mol. The summed E-state index contributed by atoms with van der Waals surface area (Å²) in [5.41, 5.74) is 6.34. The smallest absolute Gasteiger partial charge is 0.332 e. The zero-order valence-electron chi connectivity index (χ0n) is 18.6. The molecule has 0 bridgehead atoms. The van der Waals surface area contributed by atoms with Gasteiger partial charge in [0.25, 0.3) is 10.8 Å². The van der Waals surface area contributed by atoms with E-state index >= 15 is 0 Å². The minimum Gasteiger partial charge on any atom is -0.416 e. The number of hydrogen-bond acceptors (Lipinski definition) is 10. The van der Waals surface area contributed by atoms with Gasteiger partial charge < -0.3 is 10.2 Å². The van der Waals surface area contributed by atoms with Crippen LogP contribution in [0.4, 0.5) is 5.82 Å². The Hall–Kier alpha value is -3.51. The van der Waals surface area contributed by atoms with E-state index in [4.69, 9.17) is 10.2 Å². The molecule has 4 rings (SSSR count). The molecule has 3 heterocycles. The van der Waals surface area contributed by atoms with Crippen LogP contribution in [0.25, 0.3) is 0 Å². The van der Waals surface area contributed by atoms with E-state index < -0.39 is 17.0 Å². The highest BCUT2D eigenvalue weighted by Gasteiger charge is 2.23. The molecule has 1 aromatic carbocycles. The highest BCUT2D eigenvalue weighted by atomic mass is 32.2. The molecule has 0 unspecified atom stereocenters. The van der Waals surface area contributed by atoms with Crippen molar-refractivity contribution in [1.82, 2.24) is 24.3 Å². The summed E-state index contributed by atoms with van der Waals surface area (Å²) in [6.07, 6.45) is 0.393.